The second kappa shape index (κ2) is 13.0. The van der Waals surface area contributed by atoms with Crippen molar-refractivity contribution < 1.29 is 24.2 Å². The highest BCUT2D eigenvalue weighted by Crippen LogP contribution is 2.33. The molecule has 3 rings (SSSR count). The van der Waals surface area contributed by atoms with E-state index >= 15 is 0 Å². The van der Waals surface area contributed by atoms with Crippen molar-refractivity contribution in [3.05, 3.63) is 58.1 Å². The second-order valence-electron chi connectivity index (χ2n) is 9.64. The summed E-state index contributed by atoms with van der Waals surface area (Å²) in [4.78, 5) is 24.4. The summed E-state index contributed by atoms with van der Waals surface area (Å²) in [6, 6.07) is 11.0. The van der Waals surface area contributed by atoms with Gasteiger partial charge < -0.3 is 25.2 Å². The lowest BCUT2D eigenvalue weighted by Crippen LogP contribution is -2.32. The fraction of sp³-hybridized carbons (Fsp3) is 0.500. The highest BCUT2D eigenvalue weighted by Gasteiger charge is 2.27. The zero-order chi connectivity index (χ0) is 26.2. The number of halogens is 1. The van der Waals surface area contributed by atoms with Crippen molar-refractivity contribution in [1.82, 2.24) is 5.32 Å². The van der Waals surface area contributed by atoms with Crippen LogP contribution < -0.4 is 15.4 Å². The maximum absolute atomic E-state index is 12.7. The molecule has 1 saturated carbocycles. The van der Waals surface area contributed by atoms with Crippen molar-refractivity contribution in [2.24, 2.45) is 11.8 Å². The van der Waals surface area contributed by atoms with Gasteiger partial charge in [-0.3, -0.25) is 9.59 Å². The topological polar surface area (TPSA) is 96.9 Å². The number of aliphatic hydroxyl groups is 1. The zero-order valence-corrected chi connectivity index (χ0v) is 22.2. The van der Waals surface area contributed by atoms with Gasteiger partial charge in [-0.25, -0.2) is 0 Å². The average molecular weight is 517 g/mol. The first-order valence-corrected chi connectivity index (χ1v) is 12.9. The van der Waals surface area contributed by atoms with E-state index in [4.69, 9.17) is 21.1 Å². The SMILES string of the molecule is COc1ccc(CC(C)O)cc1C(C)Nc1ccc(C(=O)NC[C@H]2CC[C@H](C(=O)OC)CC2)cc1Cl. The molecule has 196 valence electrons. The first kappa shape index (κ1) is 27.8. The van der Waals surface area contributed by atoms with Gasteiger partial charge in [0.05, 0.1) is 43.0 Å². The Labute approximate surface area is 218 Å². The van der Waals surface area contributed by atoms with Gasteiger partial charge in [0.2, 0.25) is 0 Å². The molecule has 0 saturated heterocycles. The van der Waals surface area contributed by atoms with E-state index in [0.717, 1.165) is 42.6 Å². The highest BCUT2D eigenvalue weighted by atomic mass is 35.5. The summed E-state index contributed by atoms with van der Waals surface area (Å²) < 4.78 is 10.4. The number of rotatable bonds is 10. The molecule has 1 aliphatic rings. The van der Waals surface area contributed by atoms with Gasteiger partial charge >= 0.3 is 5.97 Å². The quantitative estimate of drug-likeness (QED) is 0.378. The van der Waals surface area contributed by atoms with Crippen molar-refractivity contribution in [1.29, 1.82) is 0 Å². The zero-order valence-electron chi connectivity index (χ0n) is 21.5. The molecule has 1 amide bonds. The molecular formula is C28H37ClN2O5. The molecule has 3 N–H and O–H groups in total. The first-order chi connectivity index (χ1) is 17.2. The third kappa shape index (κ3) is 7.37. The number of ether oxygens (including phenoxy) is 2. The van der Waals surface area contributed by atoms with Crippen molar-refractivity contribution in [2.75, 3.05) is 26.1 Å². The highest BCUT2D eigenvalue weighted by molar-refractivity contribution is 6.33. The molecular weight excluding hydrogens is 480 g/mol. The molecule has 0 aromatic heterocycles. The Morgan fingerprint density at radius 2 is 1.81 bits per heavy atom. The second-order valence-corrected chi connectivity index (χ2v) is 10.0. The van der Waals surface area contributed by atoms with E-state index in [-0.39, 0.29) is 23.8 Å². The fourth-order valence-electron chi connectivity index (χ4n) is 4.78. The summed E-state index contributed by atoms with van der Waals surface area (Å²) in [5.74, 6) is 0.771. The molecule has 2 aromatic rings. The Morgan fingerprint density at radius 3 is 2.42 bits per heavy atom. The molecule has 8 heteroatoms. The van der Waals surface area contributed by atoms with Crippen LogP contribution in [0.25, 0.3) is 0 Å². The summed E-state index contributed by atoms with van der Waals surface area (Å²) >= 11 is 6.54. The Balaban J connectivity index is 1.59. The number of nitrogens with one attached hydrogen (secondary N) is 2. The Kier molecular flexibility index (Phi) is 10.0. The number of hydrogen-bond donors (Lipinski definition) is 3. The summed E-state index contributed by atoms with van der Waals surface area (Å²) in [6.07, 6.45) is 3.50. The molecule has 36 heavy (non-hydrogen) atoms. The number of esters is 1. The van der Waals surface area contributed by atoms with Crippen molar-refractivity contribution in [3.63, 3.8) is 0 Å². The molecule has 2 unspecified atom stereocenters. The van der Waals surface area contributed by atoms with Gasteiger partial charge in [-0.15, -0.1) is 0 Å². The number of benzene rings is 2. The molecule has 0 aliphatic heterocycles. The van der Waals surface area contributed by atoms with E-state index in [1.54, 1.807) is 32.2 Å². The van der Waals surface area contributed by atoms with Gasteiger partial charge in [0, 0.05) is 17.7 Å². The molecule has 0 heterocycles. The number of aliphatic hydroxyl groups excluding tert-OH is 1. The molecule has 1 fully saturated rings. The van der Waals surface area contributed by atoms with Crippen molar-refractivity contribution >= 4 is 29.2 Å². The van der Waals surface area contributed by atoms with Crippen LogP contribution in [0.15, 0.2) is 36.4 Å². The molecule has 2 atom stereocenters. The minimum Gasteiger partial charge on any atom is -0.496 e. The van der Waals surface area contributed by atoms with E-state index < -0.39 is 6.10 Å². The lowest BCUT2D eigenvalue weighted by molar-refractivity contribution is -0.146. The molecule has 0 bridgehead atoms. The van der Waals surface area contributed by atoms with E-state index in [1.165, 1.54) is 7.11 Å². The van der Waals surface area contributed by atoms with Crippen LogP contribution >= 0.6 is 11.6 Å². The average Bonchev–Trinajstić information content (AvgIpc) is 2.87. The lowest BCUT2D eigenvalue weighted by atomic mass is 9.82. The summed E-state index contributed by atoms with van der Waals surface area (Å²) in [7, 11) is 3.06. The van der Waals surface area contributed by atoms with Crippen LogP contribution in [0.5, 0.6) is 5.75 Å². The van der Waals surface area contributed by atoms with Crippen LogP contribution in [-0.4, -0.2) is 43.9 Å². The minimum absolute atomic E-state index is 0.0242. The number of carbonyl (C=O) groups is 2. The number of methoxy groups -OCH3 is 2. The Bertz CT molecular complexity index is 1050. The predicted octanol–water partition coefficient (Wildman–Crippen LogP) is 5.15. The van der Waals surface area contributed by atoms with Gasteiger partial charge in [-0.05, 0) is 87.8 Å². The Hall–Kier alpha value is -2.77. The predicted molar refractivity (Wildman–Crippen MR) is 142 cm³/mol. The molecule has 7 nitrogen and oxygen atoms in total. The summed E-state index contributed by atoms with van der Waals surface area (Å²) in [6.45, 7) is 4.35. The summed E-state index contributed by atoms with van der Waals surface area (Å²) in [5, 5.41) is 16.6. The third-order valence-corrected chi connectivity index (χ3v) is 7.14. The Morgan fingerprint density at radius 1 is 1.08 bits per heavy atom. The standard InChI is InChI=1S/C28H37ClN2O5/c1-17(32)13-20-7-12-26(35-3)23(14-20)18(2)31-25-11-10-22(15-24(25)29)27(33)30-16-19-5-8-21(9-6-19)28(34)36-4/h7,10-12,14-15,17-19,21,31-32H,5-6,8-9,13,16H2,1-4H3,(H,30,33)/t17?,18?,19-,21-. The van der Waals surface area contributed by atoms with Gasteiger partial charge in [0.25, 0.3) is 5.91 Å². The van der Waals surface area contributed by atoms with Crippen LogP contribution in [0, 0.1) is 11.8 Å². The maximum atomic E-state index is 12.7. The monoisotopic (exact) mass is 516 g/mol. The van der Waals surface area contributed by atoms with E-state index in [1.807, 2.05) is 25.1 Å². The van der Waals surface area contributed by atoms with E-state index in [9.17, 15) is 14.7 Å². The largest absolute Gasteiger partial charge is 0.496 e. The van der Waals surface area contributed by atoms with Gasteiger partial charge in [-0.1, -0.05) is 17.7 Å². The van der Waals surface area contributed by atoms with Crippen LogP contribution in [0.4, 0.5) is 5.69 Å². The fourth-order valence-corrected chi connectivity index (χ4v) is 5.02. The van der Waals surface area contributed by atoms with E-state index in [2.05, 4.69) is 10.6 Å². The molecule has 0 radical (unpaired) electrons. The number of anilines is 1. The van der Waals surface area contributed by atoms with Crippen LogP contribution in [0.3, 0.4) is 0 Å². The van der Waals surface area contributed by atoms with Crippen molar-refractivity contribution in [2.45, 2.75) is 58.1 Å². The number of amides is 1. The van der Waals surface area contributed by atoms with Crippen LogP contribution in [-0.2, 0) is 16.0 Å². The lowest BCUT2D eigenvalue weighted by Gasteiger charge is -2.27. The maximum Gasteiger partial charge on any atom is 0.308 e. The number of hydrogen-bond acceptors (Lipinski definition) is 6. The minimum atomic E-state index is -0.433. The molecule has 2 aromatic carbocycles. The van der Waals surface area contributed by atoms with Crippen LogP contribution in [0.2, 0.25) is 5.02 Å². The van der Waals surface area contributed by atoms with Gasteiger partial charge in [0.1, 0.15) is 5.75 Å². The first-order valence-electron chi connectivity index (χ1n) is 12.5. The van der Waals surface area contributed by atoms with E-state index in [0.29, 0.717) is 35.2 Å². The van der Waals surface area contributed by atoms with Gasteiger partial charge in [-0.2, -0.15) is 0 Å². The normalized spacial score (nSPS) is 19.2. The smallest absolute Gasteiger partial charge is 0.308 e. The molecule has 0 spiro atoms. The third-order valence-electron chi connectivity index (χ3n) is 6.83. The molecule has 1 aliphatic carbocycles. The van der Waals surface area contributed by atoms with Crippen LogP contribution in [0.1, 0.15) is 67.1 Å². The summed E-state index contributed by atoms with van der Waals surface area (Å²) in [5.41, 5.74) is 3.18. The van der Waals surface area contributed by atoms with Crippen molar-refractivity contribution in [3.8, 4) is 5.75 Å². The number of carbonyl (C=O) groups excluding carboxylic acids is 2. The van der Waals surface area contributed by atoms with Gasteiger partial charge in [0.15, 0.2) is 0 Å².